The van der Waals surface area contributed by atoms with Crippen LogP contribution >= 0.6 is 0 Å². The van der Waals surface area contributed by atoms with Gasteiger partial charge in [0.25, 0.3) is 0 Å². The predicted molar refractivity (Wildman–Crippen MR) is 109 cm³/mol. The van der Waals surface area contributed by atoms with Gasteiger partial charge in [0.1, 0.15) is 0 Å². The molecule has 0 radical (unpaired) electrons. The molecule has 2 rings (SSSR count). The van der Waals surface area contributed by atoms with Gasteiger partial charge in [-0.2, -0.15) is 0 Å². The first-order chi connectivity index (χ1) is 13.2. The summed E-state index contributed by atoms with van der Waals surface area (Å²) in [7, 11) is 0. The minimum Gasteiger partial charge on any atom is -0.454 e. The van der Waals surface area contributed by atoms with Crippen molar-refractivity contribution in [3.63, 3.8) is 0 Å². The molecular formula is C23H27NO4. The number of esters is 1. The number of aryl methyl sites for hydroxylation is 1. The Morgan fingerprint density at radius 2 is 1.57 bits per heavy atom. The molecule has 0 aliphatic heterocycles. The molecule has 0 spiro atoms. The van der Waals surface area contributed by atoms with E-state index in [4.69, 9.17) is 4.74 Å². The van der Waals surface area contributed by atoms with Crippen molar-refractivity contribution in [2.24, 2.45) is 5.41 Å². The van der Waals surface area contributed by atoms with Crippen molar-refractivity contribution < 1.29 is 19.1 Å². The smallest absolute Gasteiger partial charge is 0.306 e. The van der Waals surface area contributed by atoms with E-state index in [0.29, 0.717) is 17.7 Å². The summed E-state index contributed by atoms with van der Waals surface area (Å²) in [5, 5.41) is 2.81. The fourth-order valence-corrected chi connectivity index (χ4v) is 2.47. The maximum atomic E-state index is 12.5. The minimum absolute atomic E-state index is 0.104. The van der Waals surface area contributed by atoms with Crippen molar-refractivity contribution >= 4 is 23.3 Å². The number of ketones is 1. The van der Waals surface area contributed by atoms with Gasteiger partial charge in [-0.05, 0) is 43.2 Å². The number of hydrogen-bond donors (Lipinski definition) is 1. The number of amides is 1. The lowest BCUT2D eigenvalue weighted by Gasteiger charge is -2.18. The molecule has 28 heavy (non-hydrogen) atoms. The first-order valence-corrected chi connectivity index (χ1v) is 9.36. The third-order valence-corrected chi connectivity index (χ3v) is 4.25. The highest BCUT2D eigenvalue weighted by Crippen LogP contribution is 2.18. The first kappa shape index (κ1) is 21.4. The number of carbonyl (C=O) groups is 3. The SMILES string of the molecule is C[C@H](OC(=O)CCc1ccccc1)C(=O)c1ccc(NC(=O)C(C)(C)C)cc1. The molecule has 5 nitrogen and oxygen atoms in total. The lowest BCUT2D eigenvalue weighted by atomic mass is 9.95. The van der Waals surface area contributed by atoms with Crippen molar-refractivity contribution in [1.29, 1.82) is 0 Å². The van der Waals surface area contributed by atoms with Gasteiger partial charge in [-0.25, -0.2) is 0 Å². The Balaban J connectivity index is 1.88. The van der Waals surface area contributed by atoms with Crippen LogP contribution in [0.3, 0.4) is 0 Å². The number of anilines is 1. The van der Waals surface area contributed by atoms with Crippen LogP contribution < -0.4 is 5.32 Å². The van der Waals surface area contributed by atoms with Gasteiger partial charge < -0.3 is 10.1 Å². The van der Waals surface area contributed by atoms with Crippen molar-refractivity contribution in [3.05, 3.63) is 65.7 Å². The lowest BCUT2D eigenvalue weighted by Crippen LogP contribution is -2.27. The van der Waals surface area contributed by atoms with Crippen molar-refractivity contribution in [2.45, 2.75) is 46.6 Å². The second-order valence-electron chi connectivity index (χ2n) is 7.76. The number of carbonyl (C=O) groups excluding carboxylic acids is 3. The number of benzene rings is 2. The Labute approximate surface area is 166 Å². The Bertz CT molecular complexity index is 820. The molecule has 1 N–H and O–H groups in total. The Kier molecular flexibility index (Phi) is 7.10. The van der Waals surface area contributed by atoms with Crippen LogP contribution in [-0.4, -0.2) is 23.8 Å². The van der Waals surface area contributed by atoms with E-state index in [2.05, 4.69) is 5.32 Å². The summed E-state index contributed by atoms with van der Waals surface area (Å²) in [5.74, 6) is -0.784. The third kappa shape index (κ3) is 6.34. The van der Waals surface area contributed by atoms with Gasteiger partial charge in [0.2, 0.25) is 11.7 Å². The topological polar surface area (TPSA) is 72.5 Å². The van der Waals surface area contributed by atoms with Crippen LogP contribution in [0.15, 0.2) is 54.6 Å². The lowest BCUT2D eigenvalue weighted by molar-refractivity contribution is -0.146. The van der Waals surface area contributed by atoms with E-state index in [0.717, 1.165) is 5.56 Å². The summed E-state index contributed by atoms with van der Waals surface area (Å²) < 4.78 is 5.27. The summed E-state index contributed by atoms with van der Waals surface area (Å²) >= 11 is 0. The zero-order valence-electron chi connectivity index (χ0n) is 16.8. The number of ether oxygens (including phenoxy) is 1. The molecule has 5 heteroatoms. The molecular weight excluding hydrogens is 354 g/mol. The molecule has 0 saturated carbocycles. The van der Waals surface area contributed by atoms with Gasteiger partial charge in [0, 0.05) is 23.1 Å². The van der Waals surface area contributed by atoms with E-state index in [1.807, 2.05) is 51.1 Å². The maximum absolute atomic E-state index is 12.5. The number of hydrogen-bond acceptors (Lipinski definition) is 4. The van der Waals surface area contributed by atoms with Crippen LogP contribution in [0.5, 0.6) is 0 Å². The Hall–Kier alpha value is -2.95. The number of rotatable bonds is 7. The average molecular weight is 381 g/mol. The summed E-state index contributed by atoms with van der Waals surface area (Å²) in [6.45, 7) is 7.05. The zero-order valence-corrected chi connectivity index (χ0v) is 16.8. The van der Waals surface area contributed by atoms with E-state index in [1.54, 1.807) is 31.2 Å². The molecule has 2 aromatic rings. The van der Waals surface area contributed by atoms with Gasteiger partial charge in [0.15, 0.2) is 6.10 Å². The molecule has 1 atom stereocenters. The highest BCUT2D eigenvalue weighted by atomic mass is 16.5. The van der Waals surface area contributed by atoms with Crippen molar-refractivity contribution in [3.8, 4) is 0 Å². The Morgan fingerprint density at radius 3 is 2.14 bits per heavy atom. The second kappa shape index (κ2) is 9.31. The van der Waals surface area contributed by atoms with Crippen LogP contribution in [0, 0.1) is 5.41 Å². The molecule has 0 bridgehead atoms. The van der Waals surface area contributed by atoms with Gasteiger partial charge in [-0.15, -0.1) is 0 Å². The minimum atomic E-state index is -0.863. The van der Waals surface area contributed by atoms with E-state index in [9.17, 15) is 14.4 Å². The molecule has 0 aliphatic rings. The van der Waals surface area contributed by atoms with E-state index >= 15 is 0 Å². The fourth-order valence-electron chi connectivity index (χ4n) is 2.47. The molecule has 0 fully saturated rings. The zero-order chi connectivity index (χ0) is 20.7. The van der Waals surface area contributed by atoms with Gasteiger partial charge in [-0.3, -0.25) is 14.4 Å². The maximum Gasteiger partial charge on any atom is 0.306 e. The average Bonchev–Trinajstić information content (AvgIpc) is 2.66. The standard InChI is InChI=1S/C23H27NO4/c1-16(28-20(25)15-10-17-8-6-5-7-9-17)21(26)18-11-13-19(14-12-18)24-22(27)23(2,3)4/h5-9,11-14,16H,10,15H2,1-4H3,(H,24,27)/t16-/m0/s1. The number of nitrogens with one attached hydrogen (secondary N) is 1. The van der Waals surface area contributed by atoms with Gasteiger partial charge >= 0.3 is 5.97 Å². The largest absolute Gasteiger partial charge is 0.454 e. The van der Waals surface area contributed by atoms with E-state index in [-0.39, 0.29) is 18.1 Å². The highest BCUT2D eigenvalue weighted by Gasteiger charge is 2.22. The molecule has 0 aromatic heterocycles. The molecule has 1 amide bonds. The normalized spacial score (nSPS) is 12.1. The van der Waals surface area contributed by atoms with Crippen LogP contribution in [0.2, 0.25) is 0 Å². The predicted octanol–water partition coefficient (Wildman–Crippen LogP) is 4.42. The van der Waals surface area contributed by atoms with Crippen LogP contribution in [-0.2, 0) is 20.7 Å². The quantitative estimate of drug-likeness (QED) is 0.569. The molecule has 0 heterocycles. The number of Topliss-reactive ketones (excluding diaryl/α,β-unsaturated/α-hetero) is 1. The third-order valence-electron chi connectivity index (χ3n) is 4.25. The van der Waals surface area contributed by atoms with Gasteiger partial charge in [-0.1, -0.05) is 51.1 Å². The monoisotopic (exact) mass is 381 g/mol. The summed E-state index contributed by atoms with van der Waals surface area (Å²) in [5.41, 5.74) is 1.59. The molecule has 0 saturated heterocycles. The molecule has 2 aromatic carbocycles. The summed E-state index contributed by atoms with van der Waals surface area (Å²) in [4.78, 5) is 36.5. The fraction of sp³-hybridized carbons (Fsp3) is 0.348. The van der Waals surface area contributed by atoms with E-state index in [1.165, 1.54) is 0 Å². The van der Waals surface area contributed by atoms with E-state index < -0.39 is 17.5 Å². The van der Waals surface area contributed by atoms with Crippen LogP contribution in [0.1, 0.15) is 50.0 Å². The molecule has 0 aliphatic carbocycles. The molecule has 148 valence electrons. The summed E-state index contributed by atoms with van der Waals surface area (Å²) in [6.07, 6.45) is -0.0689. The van der Waals surface area contributed by atoms with Crippen LogP contribution in [0.4, 0.5) is 5.69 Å². The highest BCUT2D eigenvalue weighted by molar-refractivity contribution is 6.01. The Morgan fingerprint density at radius 1 is 0.964 bits per heavy atom. The molecule has 0 unspecified atom stereocenters. The summed E-state index contributed by atoms with van der Waals surface area (Å²) in [6, 6.07) is 16.2. The van der Waals surface area contributed by atoms with Crippen molar-refractivity contribution in [2.75, 3.05) is 5.32 Å². The van der Waals surface area contributed by atoms with Crippen molar-refractivity contribution in [1.82, 2.24) is 0 Å². The van der Waals surface area contributed by atoms with Crippen LogP contribution in [0.25, 0.3) is 0 Å². The first-order valence-electron chi connectivity index (χ1n) is 9.36. The van der Waals surface area contributed by atoms with Gasteiger partial charge in [0.05, 0.1) is 0 Å². The second-order valence-corrected chi connectivity index (χ2v) is 7.76.